The first-order chi connectivity index (χ1) is 13.8. The third-order valence-electron chi connectivity index (χ3n) is 4.41. The van der Waals surface area contributed by atoms with Gasteiger partial charge in [-0.05, 0) is 18.2 Å². The van der Waals surface area contributed by atoms with Gasteiger partial charge in [0.2, 0.25) is 15.9 Å². The van der Waals surface area contributed by atoms with Gasteiger partial charge in [-0.1, -0.05) is 11.6 Å². The van der Waals surface area contributed by atoms with Crippen LogP contribution in [0.4, 0.5) is 11.4 Å². The van der Waals surface area contributed by atoms with E-state index in [1.165, 1.54) is 41.0 Å². The Bertz CT molecular complexity index is 1010. The number of aromatic nitrogens is 1. The molecule has 1 aliphatic heterocycles. The molecular weight excluding hydrogens is 422 g/mol. The van der Waals surface area contributed by atoms with E-state index >= 15 is 0 Å². The average molecular weight is 440 g/mol. The molecular formula is C17H18ClN5O5S. The molecule has 1 fully saturated rings. The summed E-state index contributed by atoms with van der Waals surface area (Å²) in [4.78, 5) is 28.2. The molecule has 0 radical (unpaired) electrons. The highest BCUT2D eigenvalue weighted by atomic mass is 35.5. The van der Waals surface area contributed by atoms with Crippen LogP contribution in [0.3, 0.4) is 0 Å². The highest BCUT2D eigenvalue weighted by Gasteiger charge is 2.29. The van der Waals surface area contributed by atoms with Crippen molar-refractivity contribution in [2.24, 2.45) is 0 Å². The van der Waals surface area contributed by atoms with E-state index in [-0.39, 0.29) is 46.8 Å². The first kappa shape index (κ1) is 21.1. The normalized spacial score (nSPS) is 15.8. The number of sulfonamides is 1. The number of carbonyl (C=O) groups is 1. The van der Waals surface area contributed by atoms with Gasteiger partial charge in [-0.3, -0.25) is 24.8 Å². The Morgan fingerprint density at radius 3 is 2.55 bits per heavy atom. The number of nitro benzene ring substituents is 1. The fraction of sp³-hybridized carbons (Fsp3) is 0.294. The fourth-order valence-corrected chi connectivity index (χ4v) is 4.50. The Kier molecular flexibility index (Phi) is 6.42. The monoisotopic (exact) mass is 439 g/mol. The highest BCUT2D eigenvalue weighted by molar-refractivity contribution is 7.89. The summed E-state index contributed by atoms with van der Waals surface area (Å²) in [5.74, 6) is -0.343. The van der Waals surface area contributed by atoms with E-state index in [1.54, 1.807) is 6.07 Å². The molecule has 0 atom stereocenters. The number of carbonyl (C=O) groups excluding carboxylic acids is 1. The summed E-state index contributed by atoms with van der Waals surface area (Å²) in [5.41, 5.74) is 0.110. The highest BCUT2D eigenvalue weighted by Crippen LogP contribution is 2.26. The second-order valence-electron chi connectivity index (χ2n) is 6.34. The number of nitrogens with zero attached hydrogens (tertiary/aromatic N) is 4. The minimum Gasteiger partial charge on any atom is -0.324 e. The Labute approximate surface area is 172 Å². The summed E-state index contributed by atoms with van der Waals surface area (Å²) >= 11 is 5.98. The number of rotatable bonds is 6. The van der Waals surface area contributed by atoms with Crippen molar-refractivity contribution in [3.63, 3.8) is 0 Å². The maximum atomic E-state index is 12.6. The fourth-order valence-electron chi connectivity index (χ4n) is 2.89. The summed E-state index contributed by atoms with van der Waals surface area (Å²) in [7, 11) is -3.61. The Morgan fingerprint density at radius 1 is 1.24 bits per heavy atom. The number of non-ortho nitro benzene ring substituents is 1. The molecule has 1 N–H and O–H groups in total. The van der Waals surface area contributed by atoms with Gasteiger partial charge in [-0.2, -0.15) is 4.31 Å². The number of hydrogen-bond donors (Lipinski definition) is 1. The molecule has 2 aromatic rings. The number of nitro groups is 1. The van der Waals surface area contributed by atoms with E-state index in [4.69, 9.17) is 11.6 Å². The van der Waals surface area contributed by atoms with E-state index in [9.17, 15) is 23.3 Å². The zero-order valence-electron chi connectivity index (χ0n) is 15.2. The van der Waals surface area contributed by atoms with E-state index < -0.39 is 14.9 Å². The third-order valence-corrected chi connectivity index (χ3v) is 6.60. The molecule has 1 aromatic carbocycles. The van der Waals surface area contributed by atoms with Crippen molar-refractivity contribution >= 4 is 38.9 Å². The Morgan fingerprint density at radius 2 is 1.97 bits per heavy atom. The SMILES string of the molecule is O=C(CN1CCN(S(=O)(=O)c2cccnc2)CC1)Nc1ccc([N+](=O)[O-])cc1Cl. The van der Waals surface area contributed by atoms with Gasteiger partial charge in [0.1, 0.15) is 4.90 Å². The molecule has 1 amide bonds. The molecule has 2 heterocycles. The molecule has 0 unspecified atom stereocenters. The number of halogens is 1. The lowest BCUT2D eigenvalue weighted by Gasteiger charge is -2.33. The van der Waals surface area contributed by atoms with Crippen molar-refractivity contribution in [3.05, 3.63) is 57.9 Å². The van der Waals surface area contributed by atoms with Gasteiger partial charge in [0.25, 0.3) is 5.69 Å². The van der Waals surface area contributed by atoms with E-state index in [0.29, 0.717) is 13.1 Å². The summed E-state index contributed by atoms with van der Waals surface area (Å²) in [6, 6.07) is 6.85. The summed E-state index contributed by atoms with van der Waals surface area (Å²) in [6.07, 6.45) is 2.82. The van der Waals surface area contributed by atoms with Gasteiger partial charge in [0, 0.05) is 50.7 Å². The summed E-state index contributed by atoms with van der Waals surface area (Å²) in [6.45, 7) is 1.33. The van der Waals surface area contributed by atoms with Gasteiger partial charge in [-0.15, -0.1) is 0 Å². The van der Waals surface area contributed by atoms with Gasteiger partial charge in [0.15, 0.2) is 0 Å². The van der Waals surface area contributed by atoms with Crippen molar-refractivity contribution in [3.8, 4) is 0 Å². The number of benzene rings is 1. The molecule has 12 heteroatoms. The molecule has 10 nitrogen and oxygen atoms in total. The molecule has 1 aromatic heterocycles. The minimum atomic E-state index is -3.61. The lowest BCUT2D eigenvalue weighted by molar-refractivity contribution is -0.384. The number of pyridine rings is 1. The summed E-state index contributed by atoms with van der Waals surface area (Å²) in [5, 5.41) is 13.4. The van der Waals surface area contributed by atoms with Crippen LogP contribution in [0.1, 0.15) is 0 Å². The van der Waals surface area contributed by atoms with E-state index in [0.717, 1.165) is 0 Å². The molecule has 0 saturated carbocycles. The first-order valence-corrected chi connectivity index (χ1v) is 10.5. The Balaban J connectivity index is 1.54. The zero-order chi connectivity index (χ0) is 21.0. The lowest BCUT2D eigenvalue weighted by Crippen LogP contribution is -2.50. The van der Waals surface area contributed by atoms with Crippen molar-refractivity contribution in [1.29, 1.82) is 0 Å². The van der Waals surface area contributed by atoms with Crippen molar-refractivity contribution in [1.82, 2.24) is 14.2 Å². The molecule has 29 heavy (non-hydrogen) atoms. The van der Waals surface area contributed by atoms with Crippen LogP contribution in [0.25, 0.3) is 0 Å². The van der Waals surface area contributed by atoms with Crippen LogP contribution in [0.2, 0.25) is 5.02 Å². The molecule has 0 aliphatic carbocycles. The predicted molar refractivity (Wildman–Crippen MR) is 106 cm³/mol. The van der Waals surface area contributed by atoms with Crippen LogP contribution in [-0.4, -0.2) is 66.2 Å². The molecule has 1 saturated heterocycles. The molecule has 1 aliphatic rings. The van der Waals surface area contributed by atoms with Crippen LogP contribution in [0, 0.1) is 10.1 Å². The number of piperazine rings is 1. The number of amides is 1. The van der Waals surface area contributed by atoms with E-state index in [2.05, 4.69) is 10.3 Å². The second-order valence-corrected chi connectivity index (χ2v) is 8.68. The number of anilines is 1. The molecule has 154 valence electrons. The number of nitrogens with one attached hydrogen (secondary N) is 1. The van der Waals surface area contributed by atoms with Crippen molar-refractivity contribution < 1.29 is 18.1 Å². The molecule has 0 spiro atoms. The third kappa shape index (κ3) is 5.07. The van der Waals surface area contributed by atoms with Crippen LogP contribution < -0.4 is 5.32 Å². The van der Waals surface area contributed by atoms with Crippen LogP contribution in [0.5, 0.6) is 0 Å². The van der Waals surface area contributed by atoms with Gasteiger partial charge in [0.05, 0.1) is 22.2 Å². The average Bonchev–Trinajstić information content (AvgIpc) is 2.70. The lowest BCUT2D eigenvalue weighted by atomic mass is 10.2. The van der Waals surface area contributed by atoms with Crippen LogP contribution >= 0.6 is 11.6 Å². The van der Waals surface area contributed by atoms with E-state index in [1.807, 2.05) is 4.90 Å². The standard InChI is InChI=1S/C17H18ClN5O5S/c18-15-10-13(23(25)26)3-4-16(15)20-17(24)12-21-6-8-22(9-7-21)29(27,28)14-2-1-5-19-11-14/h1-5,10-11H,6-9,12H2,(H,20,24). The quantitative estimate of drug-likeness (QED) is 0.535. The minimum absolute atomic E-state index is 0.0497. The van der Waals surface area contributed by atoms with Gasteiger partial charge < -0.3 is 5.32 Å². The zero-order valence-corrected chi connectivity index (χ0v) is 16.8. The smallest absolute Gasteiger partial charge is 0.271 e. The second kappa shape index (κ2) is 8.82. The molecule has 3 rings (SSSR count). The topological polar surface area (TPSA) is 126 Å². The van der Waals surface area contributed by atoms with Crippen molar-refractivity contribution in [2.45, 2.75) is 4.90 Å². The van der Waals surface area contributed by atoms with Crippen LogP contribution in [-0.2, 0) is 14.8 Å². The first-order valence-electron chi connectivity index (χ1n) is 8.64. The molecule has 0 bridgehead atoms. The van der Waals surface area contributed by atoms with Crippen LogP contribution in [0.15, 0.2) is 47.6 Å². The van der Waals surface area contributed by atoms with Crippen molar-refractivity contribution in [2.75, 3.05) is 38.0 Å². The summed E-state index contributed by atoms with van der Waals surface area (Å²) < 4.78 is 26.6. The number of hydrogen-bond acceptors (Lipinski definition) is 7. The Hall–Kier alpha value is -2.60. The van der Waals surface area contributed by atoms with Gasteiger partial charge in [-0.25, -0.2) is 8.42 Å². The van der Waals surface area contributed by atoms with Gasteiger partial charge >= 0.3 is 0 Å². The maximum Gasteiger partial charge on any atom is 0.271 e. The predicted octanol–water partition coefficient (Wildman–Crippen LogP) is 1.59. The maximum absolute atomic E-state index is 12.6. The largest absolute Gasteiger partial charge is 0.324 e.